The van der Waals surface area contributed by atoms with Gasteiger partial charge in [0.05, 0.1) is 6.61 Å². The fraction of sp³-hybridized carbons (Fsp3) is 0.500. The van der Waals surface area contributed by atoms with Crippen LogP contribution in [0.3, 0.4) is 0 Å². The average molecular weight is 225 g/mol. The van der Waals surface area contributed by atoms with E-state index in [2.05, 4.69) is 37.4 Å². The van der Waals surface area contributed by atoms with Crippen molar-refractivity contribution in [1.82, 2.24) is 5.32 Å². The number of nitrogens with one attached hydrogen (secondary N) is 1. The number of ether oxygens (including phenoxy) is 1. The van der Waals surface area contributed by atoms with Crippen LogP contribution in [0.4, 0.5) is 0 Å². The molecular weight excluding hydrogens is 206 g/mol. The second kappa shape index (κ2) is 6.77. The van der Waals surface area contributed by atoms with Crippen LogP contribution < -0.4 is 5.32 Å². The number of aryl methyl sites for hydroxylation is 1. The number of methoxy groups -OCH3 is 1. The second-order valence-electron chi connectivity index (χ2n) is 3.61. The molecule has 0 saturated carbocycles. The van der Waals surface area contributed by atoms with E-state index in [1.54, 1.807) is 7.11 Å². The standard InChI is InChI=1S/C12H19NOS/c1-10(9-13-6-7-14-3)8-12-5-4-11(2)15-12/h4-5,8,13H,6-7,9H2,1-3H3. The second-order valence-corrected chi connectivity index (χ2v) is 4.93. The van der Waals surface area contributed by atoms with E-state index in [-0.39, 0.29) is 0 Å². The molecule has 3 heteroatoms. The van der Waals surface area contributed by atoms with Crippen molar-refractivity contribution in [3.63, 3.8) is 0 Å². The third kappa shape index (κ3) is 5.11. The summed E-state index contributed by atoms with van der Waals surface area (Å²) in [6, 6.07) is 4.32. The Morgan fingerprint density at radius 2 is 2.33 bits per heavy atom. The summed E-state index contributed by atoms with van der Waals surface area (Å²) >= 11 is 1.83. The predicted octanol–water partition coefficient (Wildman–Crippen LogP) is 2.70. The molecule has 0 radical (unpaired) electrons. The van der Waals surface area contributed by atoms with Crippen molar-refractivity contribution in [2.75, 3.05) is 26.8 Å². The van der Waals surface area contributed by atoms with Crippen LogP contribution in [0.25, 0.3) is 6.08 Å². The van der Waals surface area contributed by atoms with Gasteiger partial charge in [-0.1, -0.05) is 5.57 Å². The summed E-state index contributed by atoms with van der Waals surface area (Å²) < 4.78 is 4.97. The van der Waals surface area contributed by atoms with Gasteiger partial charge >= 0.3 is 0 Å². The molecule has 0 aliphatic carbocycles. The van der Waals surface area contributed by atoms with Crippen molar-refractivity contribution >= 4 is 17.4 Å². The highest BCUT2D eigenvalue weighted by atomic mass is 32.1. The molecule has 0 bridgehead atoms. The van der Waals surface area contributed by atoms with E-state index in [9.17, 15) is 0 Å². The summed E-state index contributed by atoms with van der Waals surface area (Å²) in [6.45, 7) is 6.89. The van der Waals surface area contributed by atoms with Gasteiger partial charge in [0.1, 0.15) is 0 Å². The zero-order chi connectivity index (χ0) is 11.1. The number of hydrogen-bond acceptors (Lipinski definition) is 3. The Kier molecular flexibility index (Phi) is 5.61. The maximum absolute atomic E-state index is 4.97. The molecule has 0 atom stereocenters. The van der Waals surface area contributed by atoms with Gasteiger partial charge in [0.25, 0.3) is 0 Å². The van der Waals surface area contributed by atoms with E-state index in [1.807, 2.05) is 11.3 Å². The molecule has 1 heterocycles. The molecule has 1 N–H and O–H groups in total. The van der Waals surface area contributed by atoms with Gasteiger partial charge in [-0.25, -0.2) is 0 Å². The van der Waals surface area contributed by atoms with Crippen LogP contribution in [-0.4, -0.2) is 26.8 Å². The van der Waals surface area contributed by atoms with E-state index < -0.39 is 0 Å². The van der Waals surface area contributed by atoms with Gasteiger partial charge in [-0.15, -0.1) is 11.3 Å². The molecular formula is C12H19NOS. The van der Waals surface area contributed by atoms with Gasteiger partial charge in [-0.2, -0.15) is 0 Å². The molecule has 84 valence electrons. The topological polar surface area (TPSA) is 21.3 Å². The summed E-state index contributed by atoms with van der Waals surface area (Å²) in [5.41, 5.74) is 1.35. The van der Waals surface area contributed by atoms with Crippen LogP contribution in [0.5, 0.6) is 0 Å². The van der Waals surface area contributed by atoms with Crippen molar-refractivity contribution in [3.8, 4) is 0 Å². The van der Waals surface area contributed by atoms with Gasteiger partial charge in [-0.3, -0.25) is 0 Å². The summed E-state index contributed by atoms with van der Waals surface area (Å²) in [4.78, 5) is 2.69. The zero-order valence-corrected chi connectivity index (χ0v) is 10.5. The van der Waals surface area contributed by atoms with E-state index in [4.69, 9.17) is 4.74 Å². The number of hydrogen-bond donors (Lipinski definition) is 1. The monoisotopic (exact) mass is 225 g/mol. The highest BCUT2D eigenvalue weighted by Crippen LogP contribution is 2.17. The van der Waals surface area contributed by atoms with Gasteiger partial charge < -0.3 is 10.1 Å². The Hall–Kier alpha value is -0.640. The highest BCUT2D eigenvalue weighted by molar-refractivity contribution is 7.12. The van der Waals surface area contributed by atoms with E-state index in [0.29, 0.717) is 0 Å². The van der Waals surface area contributed by atoms with Crippen molar-refractivity contribution < 1.29 is 4.74 Å². The first kappa shape index (κ1) is 12.4. The summed E-state index contributed by atoms with van der Waals surface area (Å²) in [5, 5.41) is 3.32. The first-order valence-corrected chi connectivity index (χ1v) is 5.97. The molecule has 0 unspecified atom stereocenters. The van der Waals surface area contributed by atoms with Gasteiger partial charge in [-0.05, 0) is 32.1 Å². The number of thiophene rings is 1. The predicted molar refractivity (Wildman–Crippen MR) is 67.5 cm³/mol. The first-order valence-electron chi connectivity index (χ1n) is 5.15. The molecule has 0 saturated heterocycles. The molecule has 1 aromatic heterocycles. The van der Waals surface area contributed by atoms with Crippen molar-refractivity contribution in [2.24, 2.45) is 0 Å². The summed E-state index contributed by atoms with van der Waals surface area (Å²) in [5.74, 6) is 0. The molecule has 0 aliphatic rings. The molecule has 1 aromatic rings. The SMILES string of the molecule is COCCNCC(C)=Cc1ccc(C)s1. The molecule has 0 fully saturated rings. The first-order chi connectivity index (χ1) is 7.22. The maximum Gasteiger partial charge on any atom is 0.0587 e. The molecule has 0 spiro atoms. The molecule has 0 amide bonds. The Bertz CT molecular complexity index is 317. The summed E-state index contributed by atoms with van der Waals surface area (Å²) in [7, 11) is 1.72. The normalized spacial score (nSPS) is 12.1. The Balaban J connectivity index is 2.33. The molecule has 2 nitrogen and oxygen atoms in total. The van der Waals surface area contributed by atoms with Gasteiger partial charge in [0.15, 0.2) is 0 Å². The molecule has 0 aromatic carbocycles. The van der Waals surface area contributed by atoms with Crippen LogP contribution in [0, 0.1) is 6.92 Å². The van der Waals surface area contributed by atoms with E-state index in [1.165, 1.54) is 15.3 Å². The number of rotatable bonds is 6. The molecule has 15 heavy (non-hydrogen) atoms. The van der Waals surface area contributed by atoms with E-state index in [0.717, 1.165) is 19.7 Å². The lowest BCUT2D eigenvalue weighted by Gasteiger charge is -2.03. The maximum atomic E-state index is 4.97. The van der Waals surface area contributed by atoms with Gasteiger partial charge in [0, 0.05) is 30.0 Å². The van der Waals surface area contributed by atoms with Crippen LogP contribution in [0.1, 0.15) is 16.7 Å². The molecule has 1 rings (SSSR count). The Labute approximate surface area is 96.0 Å². The minimum atomic E-state index is 0.769. The Morgan fingerprint density at radius 1 is 1.53 bits per heavy atom. The smallest absolute Gasteiger partial charge is 0.0587 e. The highest BCUT2D eigenvalue weighted by Gasteiger charge is 1.94. The van der Waals surface area contributed by atoms with Crippen molar-refractivity contribution in [3.05, 3.63) is 27.5 Å². The zero-order valence-electron chi connectivity index (χ0n) is 9.67. The lowest BCUT2D eigenvalue weighted by molar-refractivity contribution is 0.200. The fourth-order valence-electron chi connectivity index (χ4n) is 1.28. The van der Waals surface area contributed by atoms with Crippen molar-refractivity contribution in [1.29, 1.82) is 0 Å². The summed E-state index contributed by atoms with van der Waals surface area (Å²) in [6.07, 6.45) is 2.23. The van der Waals surface area contributed by atoms with Crippen LogP contribution in [-0.2, 0) is 4.74 Å². The van der Waals surface area contributed by atoms with Crippen LogP contribution >= 0.6 is 11.3 Å². The quantitative estimate of drug-likeness (QED) is 0.752. The third-order valence-electron chi connectivity index (χ3n) is 2.04. The van der Waals surface area contributed by atoms with Crippen LogP contribution in [0.2, 0.25) is 0 Å². The third-order valence-corrected chi connectivity index (χ3v) is 2.98. The fourth-order valence-corrected chi connectivity index (χ4v) is 2.19. The minimum absolute atomic E-state index is 0.769. The average Bonchev–Trinajstić information content (AvgIpc) is 2.59. The Morgan fingerprint density at radius 3 is 2.93 bits per heavy atom. The lowest BCUT2D eigenvalue weighted by atomic mass is 10.2. The minimum Gasteiger partial charge on any atom is -0.383 e. The largest absolute Gasteiger partial charge is 0.383 e. The van der Waals surface area contributed by atoms with Crippen LogP contribution in [0.15, 0.2) is 17.7 Å². The lowest BCUT2D eigenvalue weighted by Crippen LogP contribution is -2.20. The van der Waals surface area contributed by atoms with Gasteiger partial charge in [0.2, 0.25) is 0 Å². The molecule has 0 aliphatic heterocycles. The van der Waals surface area contributed by atoms with Crippen molar-refractivity contribution in [2.45, 2.75) is 13.8 Å². The van der Waals surface area contributed by atoms with E-state index >= 15 is 0 Å².